The van der Waals surface area contributed by atoms with E-state index in [4.69, 9.17) is 4.74 Å². The van der Waals surface area contributed by atoms with Crippen LogP contribution in [0.5, 0.6) is 0 Å². The second-order valence-corrected chi connectivity index (χ2v) is 6.73. The number of aliphatic hydroxyl groups is 1. The number of unbranched alkanes of at least 4 members (excludes halogenated alkanes) is 1. The van der Waals surface area contributed by atoms with E-state index >= 15 is 0 Å². The zero-order valence-corrected chi connectivity index (χ0v) is 13.4. The molecule has 0 aromatic rings. The molecule has 1 heterocycles. The number of aliphatic hydroxyl groups excluding tert-OH is 1. The van der Waals surface area contributed by atoms with Crippen molar-refractivity contribution in [3.63, 3.8) is 0 Å². The average Bonchev–Trinajstić information content (AvgIpc) is 2.93. The highest BCUT2D eigenvalue weighted by Gasteiger charge is 2.16. The molecule has 0 aromatic carbocycles. The van der Waals surface area contributed by atoms with Crippen molar-refractivity contribution in [2.75, 3.05) is 31.3 Å². The van der Waals surface area contributed by atoms with Crippen molar-refractivity contribution >= 4 is 11.8 Å². The largest absolute Gasteiger partial charge is 0.389 e. The maximum absolute atomic E-state index is 9.88. The van der Waals surface area contributed by atoms with Crippen molar-refractivity contribution in [3.05, 3.63) is 0 Å². The molecule has 2 N–H and O–H groups in total. The van der Waals surface area contributed by atoms with Crippen LogP contribution >= 0.6 is 11.8 Å². The van der Waals surface area contributed by atoms with Gasteiger partial charge < -0.3 is 15.2 Å². The molecule has 3 nitrogen and oxygen atoms in total. The zero-order valence-electron chi connectivity index (χ0n) is 12.6. The lowest BCUT2D eigenvalue weighted by molar-refractivity contribution is 0.0186. The highest BCUT2D eigenvalue weighted by Crippen LogP contribution is 2.17. The van der Waals surface area contributed by atoms with E-state index in [0.717, 1.165) is 6.61 Å². The lowest BCUT2D eigenvalue weighted by Gasteiger charge is -2.18. The van der Waals surface area contributed by atoms with Gasteiger partial charge in [-0.15, -0.1) is 0 Å². The van der Waals surface area contributed by atoms with Gasteiger partial charge in [-0.05, 0) is 24.5 Å². The molecule has 0 spiro atoms. The Kier molecular flexibility index (Phi) is 9.96. The molecule has 1 saturated heterocycles. The van der Waals surface area contributed by atoms with Crippen LogP contribution in [0.4, 0.5) is 0 Å². The van der Waals surface area contributed by atoms with Gasteiger partial charge in [0.1, 0.15) is 0 Å². The van der Waals surface area contributed by atoms with Crippen LogP contribution in [0.1, 0.15) is 46.0 Å². The second-order valence-electron chi connectivity index (χ2n) is 5.58. The van der Waals surface area contributed by atoms with Gasteiger partial charge in [0.15, 0.2) is 0 Å². The second kappa shape index (κ2) is 11.0. The van der Waals surface area contributed by atoms with Crippen molar-refractivity contribution < 1.29 is 9.84 Å². The third kappa shape index (κ3) is 8.18. The summed E-state index contributed by atoms with van der Waals surface area (Å²) in [4.78, 5) is 0. The Morgan fingerprint density at radius 1 is 1.37 bits per heavy atom. The monoisotopic (exact) mass is 289 g/mol. The van der Waals surface area contributed by atoms with E-state index < -0.39 is 0 Å². The summed E-state index contributed by atoms with van der Waals surface area (Å²) in [6, 6.07) is 0.590. The first-order valence-electron chi connectivity index (χ1n) is 7.83. The third-order valence-corrected chi connectivity index (χ3v) is 4.94. The number of rotatable bonds is 11. The van der Waals surface area contributed by atoms with Crippen molar-refractivity contribution in [3.8, 4) is 0 Å². The van der Waals surface area contributed by atoms with Gasteiger partial charge in [0.25, 0.3) is 0 Å². The highest BCUT2D eigenvalue weighted by molar-refractivity contribution is 7.99. The number of thioether (sulfide) groups is 1. The van der Waals surface area contributed by atoms with Crippen LogP contribution in [0, 0.1) is 5.92 Å². The predicted molar refractivity (Wildman–Crippen MR) is 83.9 cm³/mol. The summed E-state index contributed by atoms with van der Waals surface area (Å²) in [6.07, 6.45) is 5.82. The molecular weight excluding hydrogens is 258 g/mol. The quantitative estimate of drug-likeness (QED) is 0.613. The molecular formula is C15H31NO2S. The number of ether oxygens (including phenoxy) is 1. The molecule has 0 aliphatic carbocycles. The predicted octanol–water partition coefficient (Wildman–Crippen LogP) is 2.68. The number of hydrogen-bond donors (Lipinski definition) is 2. The van der Waals surface area contributed by atoms with Crippen molar-refractivity contribution in [1.29, 1.82) is 0 Å². The third-order valence-electron chi connectivity index (χ3n) is 3.78. The Balaban J connectivity index is 2.00. The minimum absolute atomic E-state index is 0.366. The Morgan fingerprint density at radius 2 is 2.21 bits per heavy atom. The number of nitrogens with one attached hydrogen (secondary N) is 1. The van der Waals surface area contributed by atoms with Crippen molar-refractivity contribution in [2.45, 2.75) is 58.1 Å². The van der Waals surface area contributed by atoms with Crippen LogP contribution < -0.4 is 5.32 Å². The minimum atomic E-state index is -0.366. The minimum Gasteiger partial charge on any atom is -0.389 e. The van der Waals surface area contributed by atoms with Crippen molar-refractivity contribution in [2.24, 2.45) is 5.92 Å². The summed E-state index contributed by atoms with van der Waals surface area (Å²) in [7, 11) is 0. The average molecular weight is 289 g/mol. The van der Waals surface area contributed by atoms with Crippen LogP contribution in [0.15, 0.2) is 0 Å². The first-order chi connectivity index (χ1) is 9.26. The Morgan fingerprint density at radius 3 is 2.84 bits per heavy atom. The summed E-state index contributed by atoms with van der Waals surface area (Å²) in [5.74, 6) is 3.09. The molecule has 4 heteroatoms. The molecule has 0 aromatic heterocycles. The van der Waals surface area contributed by atoms with Crippen LogP contribution in [-0.4, -0.2) is 48.5 Å². The summed E-state index contributed by atoms with van der Waals surface area (Å²) in [5, 5.41) is 13.3. The maximum Gasteiger partial charge on any atom is 0.0897 e. The van der Waals surface area contributed by atoms with E-state index in [1.807, 2.05) is 11.8 Å². The molecule has 1 rings (SSSR count). The molecule has 19 heavy (non-hydrogen) atoms. The van der Waals surface area contributed by atoms with Crippen molar-refractivity contribution in [1.82, 2.24) is 5.32 Å². The topological polar surface area (TPSA) is 41.5 Å². The SMILES string of the molecule is CCCCC(CC)COCC(O)CNC1CCSC1. The molecule has 3 unspecified atom stereocenters. The van der Waals surface area contributed by atoms with E-state index in [9.17, 15) is 5.11 Å². The van der Waals surface area contributed by atoms with E-state index in [2.05, 4.69) is 19.2 Å². The van der Waals surface area contributed by atoms with Crippen LogP contribution in [0.25, 0.3) is 0 Å². The summed E-state index contributed by atoms with van der Waals surface area (Å²) < 4.78 is 5.67. The molecule has 0 saturated carbocycles. The molecule has 114 valence electrons. The lowest BCUT2D eigenvalue weighted by atomic mass is 10.0. The maximum atomic E-state index is 9.88. The van der Waals surface area contributed by atoms with Gasteiger partial charge >= 0.3 is 0 Å². The zero-order chi connectivity index (χ0) is 13.9. The summed E-state index contributed by atoms with van der Waals surface area (Å²) in [5.41, 5.74) is 0. The first-order valence-corrected chi connectivity index (χ1v) is 8.98. The van der Waals surface area contributed by atoms with Gasteiger partial charge in [-0.25, -0.2) is 0 Å². The number of hydrogen-bond acceptors (Lipinski definition) is 4. The Hall–Kier alpha value is 0.230. The fourth-order valence-corrected chi connectivity index (χ4v) is 3.51. The summed E-state index contributed by atoms with van der Waals surface area (Å²) >= 11 is 1.99. The Labute approximate surface area is 122 Å². The van der Waals surface area contributed by atoms with Gasteiger partial charge in [-0.3, -0.25) is 0 Å². The van der Waals surface area contributed by atoms with Gasteiger partial charge in [-0.1, -0.05) is 33.1 Å². The Bertz CT molecular complexity index is 210. The van der Waals surface area contributed by atoms with Crippen LogP contribution in [0.2, 0.25) is 0 Å². The fraction of sp³-hybridized carbons (Fsp3) is 1.00. The van der Waals surface area contributed by atoms with E-state index in [1.54, 1.807) is 0 Å². The molecule has 0 radical (unpaired) electrons. The first kappa shape index (κ1) is 17.3. The molecule has 3 atom stereocenters. The fourth-order valence-electron chi connectivity index (χ4n) is 2.33. The van der Waals surface area contributed by atoms with Crippen LogP contribution in [0.3, 0.4) is 0 Å². The summed E-state index contributed by atoms with van der Waals surface area (Å²) in [6.45, 7) is 6.38. The van der Waals surface area contributed by atoms with Gasteiger partial charge in [-0.2, -0.15) is 11.8 Å². The van der Waals surface area contributed by atoms with Gasteiger partial charge in [0.05, 0.1) is 12.7 Å². The molecule has 1 aliphatic heterocycles. The molecule has 1 fully saturated rings. The molecule has 0 amide bonds. The van der Waals surface area contributed by atoms with E-state index in [0.29, 0.717) is 25.1 Å². The van der Waals surface area contributed by atoms with E-state index in [-0.39, 0.29) is 6.10 Å². The highest BCUT2D eigenvalue weighted by atomic mass is 32.2. The lowest BCUT2D eigenvalue weighted by Crippen LogP contribution is -2.37. The molecule has 0 bridgehead atoms. The normalized spacial score (nSPS) is 22.6. The smallest absolute Gasteiger partial charge is 0.0897 e. The van der Waals surface area contributed by atoms with Crippen LogP contribution in [-0.2, 0) is 4.74 Å². The van der Waals surface area contributed by atoms with Gasteiger partial charge in [0.2, 0.25) is 0 Å². The molecule has 1 aliphatic rings. The standard InChI is InChI=1S/C15H31NO2S/c1-3-5-6-13(4-2)10-18-11-15(17)9-16-14-7-8-19-12-14/h13-17H,3-12H2,1-2H3. The van der Waals surface area contributed by atoms with E-state index in [1.165, 1.54) is 43.6 Å². The van der Waals surface area contributed by atoms with Gasteiger partial charge in [0, 0.05) is 24.9 Å².